The van der Waals surface area contributed by atoms with E-state index in [1.54, 1.807) is 6.92 Å². The molecular formula is C22H24N4O. The summed E-state index contributed by atoms with van der Waals surface area (Å²) in [6.07, 6.45) is 0. The molecule has 1 heterocycles. The highest BCUT2D eigenvalue weighted by molar-refractivity contribution is 5.97. The minimum atomic E-state index is -0.114. The van der Waals surface area contributed by atoms with Gasteiger partial charge in [-0.25, -0.2) is 0 Å². The van der Waals surface area contributed by atoms with Crippen molar-refractivity contribution in [2.24, 2.45) is 0 Å². The van der Waals surface area contributed by atoms with Crippen LogP contribution in [0.25, 0.3) is 0 Å². The smallest absolute Gasteiger partial charge is 0.255 e. The maximum absolute atomic E-state index is 12.7. The Labute approximate surface area is 159 Å². The number of aryl methyl sites for hydroxylation is 1. The second-order valence-electron chi connectivity index (χ2n) is 6.69. The van der Waals surface area contributed by atoms with Crippen LogP contribution in [-0.2, 0) is 13.1 Å². The third kappa shape index (κ3) is 4.31. The molecular weight excluding hydrogens is 336 g/mol. The van der Waals surface area contributed by atoms with Gasteiger partial charge in [-0.2, -0.15) is 5.10 Å². The van der Waals surface area contributed by atoms with Crippen LogP contribution in [-0.4, -0.2) is 21.4 Å². The minimum Gasteiger partial charge on any atom is -0.348 e. The second kappa shape index (κ2) is 7.99. The third-order valence-corrected chi connectivity index (χ3v) is 4.62. The lowest BCUT2D eigenvalue weighted by molar-refractivity contribution is 0.0949. The molecule has 0 spiro atoms. The van der Waals surface area contributed by atoms with Gasteiger partial charge in [-0.3, -0.25) is 9.48 Å². The van der Waals surface area contributed by atoms with Crippen molar-refractivity contribution in [1.29, 1.82) is 5.41 Å². The molecule has 0 fully saturated rings. The van der Waals surface area contributed by atoms with Gasteiger partial charge in [0.05, 0.1) is 17.8 Å². The van der Waals surface area contributed by atoms with Crippen molar-refractivity contribution in [3.63, 3.8) is 0 Å². The number of nitrogens with one attached hydrogen (secondary N) is 2. The molecule has 2 N–H and O–H groups in total. The minimum absolute atomic E-state index is 0.114. The zero-order valence-electron chi connectivity index (χ0n) is 15.9. The molecule has 138 valence electrons. The summed E-state index contributed by atoms with van der Waals surface area (Å²) in [6.45, 7) is 6.64. The Morgan fingerprint density at radius 1 is 1.04 bits per heavy atom. The molecule has 3 aromatic rings. The van der Waals surface area contributed by atoms with E-state index < -0.39 is 0 Å². The van der Waals surface area contributed by atoms with E-state index >= 15 is 0 Å². The van der Waals surface area contributed by atoms with Gasteiger partial charge in [0.1, 0.15) is 0 Å². The lowest BCUT2D eigenvalue weighted by Gasteiger charge is -2.08. The highest BCUT2D eigenvalue weighted by atomic mass is 16.1. The van der Waals surface area contributed by atoms with Crippen LogP contribution in [0.3, 0.4) is 0 Å². The molecule has 0 saturated carbocycles. The van der Waals surface area contributed by atoms with Gasteiger partial charge in [-0.15, -0.1) is 0 Å². The highest BCUT2D eigenvalue weighted by Crippen LogP contribution is 2.15. The molecule has 27 heavy (non-hydrogen) atoms. The lowest BCUT2D eigenvalue weighted by atomic mass is 10.1. The topological polar surface area (TPSA) is 70.8 Å². The summed E-state index contributed by atoms with van der Waals surface area (Å²) >= 11 is 0. The molecule has 3 rings (SSSR count). The van der Waals surface area contributed by atoms with Gasteiger partial charge in [0, 0.05) is 18.0 Å². The molecule has 0 bridgehead atoms. The number of nitrogens with zero attached hydrogens (tertiary/aromatic N) is 2. The Bertz CT molecular complexity index is 956. The summed E-state index contributed by atoms with van der Waals surface area (Å²) in [5.74, 6) is -0.114. The molecule has 0 radical (unpaired) electrons. The van der Waals surface area contributed by atoms with Gasteiger partial charge >= 0.3 is 0 Å². The molecule has 0 aliphatic rings. The standard InChI is InChI=1S/C22H24N4O/c1-15(23)20-11-9-18(10-12-20)13-24-22(27)21-16(2)25-26(17(21)3)14-19-7-5-4-6-8-19/h4-12,23H,13-14H2,1-3H3,(H,24,27). The average Bonchev–Trinajstić information content (AvgIpc) is 2.94. The van der Waals surface area contributed by atoms with Crippen LogP contribution in [0.5, 0.6) is 0 Å². The molecule has 0 saturated heterocycles. The van der Waals surface area contributed by atoms with Crippen LogP contribution < -0.4 is 5.32 Å². The van der Waals surface area contributed by atoms with Crippen LogP contribution in [0.2, 0.25) is 0 Å². The summed E-state index contributed by atoms with van der Waals surface area (Å²) < 4.78 is 1.88. The molecule has 0 atom stereocenters. The second-order valence-corrected chi connectivity index (χ2v) is 6.69. The first kappa shape index (κ1) is 18.6. The predicted molar refractivity (Wildman–Crippen MR) is 107 cm³/mol. The first-order chi connectivity index (χ1) is 13.0. The fourth-order valence-electron chi connectivity index (χ4n) is 3.08. The Balaban J connectivity index is 1.70. The summed E-state index contributed by atoms with van der Waals surface area (Å²) in [6, 6.07) is 17.8. The summed E-state index contributed by atoms with van der Waals surface area (Å²) in [5, 5.41) is 15.2. The maximum atomic E-state index is 12.7. The Kier molecular flexibility index (Phi) is 5.50. The van der Waals surface area contributed by atoms with E-state index in [1.165, 1.54) is 0 Å². The van der Waals surface area contributed by atoms with Crippen molar-refractivity contribution >= 4 is 11.6 Å². The summed E-state index contributed by atoms with van der Waals surface area (Å²) in [4.78, 5) is 12.7. The molecule has 5 nitrogen and oxygen atoms in total. The van der Waals surface area contributed by atoms with Crippen molar-refractivity contribution in [2.75, 3.05) is 0 Å². The van der Waals surface area contributed by atoms with Gasteiger partial charge in [-0.1, -0.05) is 54.6 Å². The van der Waals surface area contributed by atoms with E-state index in [2.05, 4.69) is 22.5 Å². The summed E-state index contributed by atoms with van der Waals surface area (Å²) in [7, 11) is 0. The number of rotatable bonds is 6. The van der Waals surface area contributed by atoms with Gasteiger partial charge in [0.2, 0.25) is 0 Å². The highest BCUT2D eigenvalue weighted by Gasteiger charge is 2.18. The first-order valence-corrected chi connectivity index (χ1v) is 8.96. The van der Waals surface area contributed by atoms with Crippen LogP contribution in [0.15, 0.2) is 54.6 Å². The molecule has 2 aromatic carbocycles. The largest absolute Gasteiger partial charge is 0.348 e. The van der Waals surface area contributed by atoms with Gasteiger partial charge in [0.15, 0.2) is 0 Å². The number of hydrogen-bond acceptors (Lipinski definition) is 3. The van der Waals surface area contributed by atoms with E-state index in [9.17, 15) is 4.79 Å². The Morgan fingerprint density at radius 3 is 2.33 bits per heavy atom. The van der Waals surface area contributed by atoms with Gasteiger partial charge in [0.25, 0.3) is 5.91 Å². The van der Waals surface area contributed by atoms with Crippen LogP contribution >= 0.6 is 0 Å². The van der Waals surface area contributed by atoms with Gasteiger partial charge < -0.3 is 10.7 Å². The van der Waals surface area contributed by atoms with Crippen molar-refractivity contribution in [1.82, 2.24) is 15.1 Å². The zero-order chi connectivity index (χ0) is 19.4. The number of hydrogen-bond donors (Lipinski definition) is 2. The average molecular weight is 360 g/mol. The lowest BCUT2D eigenvalue weighted by Crippen LogP contribution is -2.24. The summed E-state index contributed by atoms with van der Waals surface area (Å²) in [5.41, 5.74) is 5.80. The normalized spacial score (nSPS) is 10.6. The molecule has 1 aromatic heterocycles. The number of amides is 1. The third-order valence-electron chi connectivity index (χ3n) is 4.62. The fraction of sp³-hybridized carbons (Fsp3) is 0.227. The number of aromatic nitrogens is 2. The van der Waals surface area contributed by atoms with E-state index in [4.69, 9.17) is 5.41 Å². The van der Waals surface area contributed by atoms with Gasteiger partial charge in [-0.05, 0) is 37.5 Å². The predicted octanol–water partition coefficient (Wildman–Crippen LogP) is 3.87. The van der Waals surface area contributed by atoms with E-state index in [0.29, 0.717) is 24.4 Å². The van der Waals surface area contributed by atoms with E-state index in [0.717, 1.165) is 28.1 Å². The monoisotopic (exact) mass is 360 g/mol. The van der Waals surface area contributed by atoms with Crippen LogP contribution in [0.4, 0.5) is 0 Å². The molecule has 1 amide bonds. The molecule has 5 heteroatoms. The van der Waals surface area contributed by atoms with Crippen molar-refractivity contribution in [3.05, 3.63) is 88.2 Å². The van der Waals surface area contributed by atoms with E-state index in [1.807, 2.05) is 61.0 Å². The molecule has 0 aliphatic heterocycles. The molecule has 0 unspecified atom stereocenters. The van der Waals surface area contributed by atoms with Crippen molar-refractivity contribution in [2.45, 2.75) is 33.9 Å². The Morgan fingerprint density at radius 2 is 1.70 bits per heavy atom. The number of carbonyl (C=O) groups excluding carboxylic acids is 1. The Hall–Kier alpha value is -3.21. The maximum Gasteiger partial charge on any atom is 0.255 e. The van der Waals surface area contributed by atoms with E-state index in [-0.39, 0.29) is 5.91 Å². The van der Waals surface area contributed by atoms with Crippen molar-refractivity contribution in [3.8, 4) is 0 Å². The first-order valence-electron chi connectivity index (χ1n) is 8.96. The van der Waals surface area contributed by atoms with Crippen LogP contribution in [0.1, 0.15) is 45.4 Å². The number of benzene rings is 2. The quantitative estimate of drug-likeness (QED) is 0.655. The fourth-order valence-corrected chi connectivity index (χ4v) is 3.08. The SMILES string of the molecule is CC(=N)c1ccc(CNC(=O)c2c(C)nn(Cc3ccccc3)c2C)cc1. The van der Waals surface area contributed by atoms with Crippen LogP contribution in [0, 0.1) is 19.3 Å². The van der Waals surface area contributed by atoms with Crippen molar-refractivity contribution < 1.29 is 4.79 Å². The number of carbonyl (C=O) groups is 1. The molecule has 0 aliphatic carbocycles. The zero-order valence-corrected chi connectivity index (χ0v) is 15.9.